The van der Waals surface area contributed by atoms with Crippen molar-refractivity contribution >= 4 is 59.3 Å². The summed E-state index contributed by atoms with van der Waals surface area (Å²) >= 11 is 0. The molecule has 0 aromatic heterocycles. The van der Waals surface area contributed by atoms with Gasteiger partial charge in [-0.1, -0.05) is 56.0 Å². The van der Waals surface area contributed by atoms with Crippen molar-refractivity contribution in [1.29, 1.82) is 0 Å². The predicted molar refractivity (Wildman–Crippen MR) is 316 cm³/mol. The molecule has 0 heterocycles. The van der Waals surface area contributed by atoms with Gasteiger partial charge in [-0.05, 0) is 167 Å². The van der Waals surface area contributed by atoms with Crippen molar-refractivity contribution in [1.82, 2.24) is 9.44 Å². The Morgan fingerprint density at radius 3 is 1.09 bits per heavy atom. The molecule has 0 bridgehead atoms. The molecule has 0 aliphatic heterocycles. The fraction of sp³-hybridized carbons (Fsp3) is 0.288. The molecule has 0 radical (unpaired) electrons. The number of hydrogen-bond donors (Lipinski definition) is 3. The Morgan fingerprint density at radius 2 is 0.805 bits per heavy atom. The minimum atomic E-state index is -3.93. The number of halogens is 4. The zero-order valence-corrected chi connectivity index (χ0v) is 51.7. The van der Waals surface area contributed by atoms with Crippen molar-refractivity contribution in [2.24, 2.45) is 0 Å². The molecule has 0 saturated carbocycles. The van der Waals surface area contributed by atoms with E-state index >= 15 is 0 Å². The van der Waals surface area contributed by atoms with Crippen LogP contribution in [0.3, 0.4) is 0 Å². The van der Waals surface area contributed by atoms with Crippen LogP contribution in [0.4, 0.5) is 17.6 Å². The topological polar surface area (TPSA) is 275 Å². The first-order valence-corrected chi connectivity index (χ1v) is 32.4. The molecular formula is C59H69F4LiN2O17P2S2. The van der Waals surface area contributed by atoms with Crippen LogP contribution in [0.25, 0.3) is 12.2 Å². The van der Waals surface area contributed by atoms with Gasteiger partial charge in [-0.15, -0.1) is 0 Å². The first-order valence-electron chi connectivity index (χ1n) is 26.0. The van der Waals surface area contributed by atoms with Gasteiger partial charge in [-0.3, -0.25) is 9.13 Å². The SMILES string of the molecule is C.CCOC(=O)/C(C)=C/c1cc(F)c(Oc2ccc(S(=O)(=O)NCc3ccc(CP(=O)(OCC)OCC)cc3)cc2)c(F)c1.CCOP(=O)(Cc1ccc(CNS(=O)(=O)c2ccc(Oc3c(F)cc(/C=C(\C)C(=O)O)cc3F)cc2)cc1)OCC.[Li+].[OH-]. The first kappa shape index (κ1) is 76.8. The molecule has 6 aromatic carbocycles. The van der Waals surface area contributed by atoms with E-state index in [1.54, 1.807) is 83.1 Å². The number of carboxylic acid groups (broad SMARTS) is 1. The molecule has 0 spiro atoms. The van der Waals surface area contributed by atoms with E-state index in [4.69, 9.17) is 37.4 Å². The van der Waals surface area contributed by atoms with Crippen LogP contribution in [0.15, 0.2) is 142 Å². The maximum atomic E-state index is 14.7. The number of rotatable bonds is 29. The van der Waals surface area contributed by atoms with Crippen LogP contribution in [0.5, 0.6) is 23.0 Å². The number of esters is 1. The van der Waals surface area contributed by atoms with Crippen molar-refractivity contribution in [3.8, 4) is 23.0 Å². The van der Waals surface area contributed by atoms with Crippen LogP contribution in [0.2, 0.25) is 0 Å². The standard InChI is InChI=1S/C30H34F2NO8PS.C28H30F2NO8PS.CH4.Li.H2O/c1-5-38-30(34)21(4)16-24-17-27(31)29(28(32)18-24)41-25-12-14-26(15-13-25)43(36,37)33-19-22-8-10-23(11-9-22)20-42(35,39-6-2)40-7-3;1-4-37-40(34,38-5-2)18-21-8-6-20(7-9-21)17-31-41(35,36)24-12-10-23(11-13-24)39-27-25(29)15-22(16-26(27)30)14-19(3)28(32)33;;;/h8-18,33H,5-7,19-20H2,1-4H3;6-16,31H,4-5,17-18H2,1-3H3,(H,32,33);1H4;;1H2/q;;;+1;/p-1/b21-16+;19-14+;;;. The average molecular weight is 1290 g/mol. The quantitative estimate of drug-likeness (QED) is 0.0129. The summed E-state index contributed by atoms with van der Waals surface area (Å²) in [6.07, 6.45) is 2.59. The number of ether oxygens (including phenoxy) is 3. The van der Waals surface area contributed by atoms with E-state index in [1.807, 2.05) is 0 Å². The number of benzene rings is 6. The number of nitrogens with one attached hydrogen (secondary N) is 2. The number of carbonyl (C=O) groups is 2. The smallest absolute Gasteiger partial charge is 0.870 e. The number of aliphatic carboxylic acids is 1. The van der Waals surface area contributed by atoms with Crippen molar-refractivity contribution in [3.63, 3.8) is 0 Å². The van der Waals surface area contributed by atoms with E-state index in [0.717, 1.165) is 35.9 Å². The molecule has 0 aliphatic carbocycles. The zero-order chi connectivity index (χ0) is 61.8. The molecule has 468 valence electrons. The molecule has 0 aliphatic rings. The van der Waals surface area contributed by atoms with Crippen molar-refractivity contribution in [2.45, 2.75) is 91.1 Å². The summed E-state index contributed by atoms with van der Waals surface area (Å²) in [5.41, 5.74) is 2.93. The molecular weight excluding hydrogens is 1220 g/mol. The second-order valence-electron chi connectivity index (χ2n) is 17.9. The predicted octanol–water partition coefficient (Wildman–Crippen LogP) is 10.9. The average Bonchev–Trinajstić information content (AvgIpc) is 3.37. The summed E-state index contributed by atoms with van der Waals surface area (Å²) in [5, 5.41) is 8.93. The van der Waals surface area contributed by atoms with Gasteiger partial charge in [0.05, 0.1) is 55.1 Å². The van der Waals surface area contributed by atoms with Gasteiger partial charge in [0.1, 0.15) is 11.5 Å². The maximum Gasteiger partial charge on any atom is 1.00 e. The largest absolute Gasteiger partial charge is 1.00 e. The summed E-state index contributed by atoms with van der Waals surface area (Å²) in [6, 6.07) is 27.6. The molecule has 0 fully saturated rings. The van der Waals surface area contributed by atoms with Gasteiger partial charge in [0, 0.05) is 24.2 Å². The molecule has 6 aromatic rings. The summed E-state index contributed by atoms with van der Waals surface area (Å²) in [7, 11) is -14.4. The molecule has 28 heteroatoms. The summed E-state index contributed by atoms with van der Waals surface area (Å²) in [5.74, 6) is -7.36. The van der Waals surface area contributed by atoms with E-state index in [0.29, 0.717) is 16.7 Å². The summed E-state index contributed by atoms with van der Waals surface area (Å²) in [4.78, 5) is 22.5. The van der Waals surface area contributed by atoms with Gasteiger partial charge in [0.15, 0.2) is 34.8 Å². The van der Waals surface area contributed by atoms with Gasteiger partial charge in [-0.2, -0.15) is 0 Å². The number of carboxylic acids is 1. The normalized spacial score (nSPS) is 11.9. The van der Waals surface area contributed by atoms with Gasteiger partial charge < -0.3 is 42.9 Å². The van der Waals surface area contributed by atoms with Crippen molar-refractivity contribution < 1.29 is 115 Å². The second kappa shape index (κ2) is 35.7. The van der Waals surface area contributed by atoms with Crippen molar-refractivity contribution in [3.05, 3.63) is 189 Å². The minimum absolute atomic E-state index is 0. The molecule has 0 atom stereocenters. The van der Waals surface area contributed by atoms with Gasteiger partial charge in [-0.25, -0.2) is 53.4 Å². The van der Waals surface area contributed by atoms with Gasteiger partial charge in [0.25, 0.3) is 0 Å². The van der Waals surface area contributed by atoms with Crippen LogP contribution >= 0.6 is 15.2 Å². The third-order valence-corrected chi connectivity index (χ3v) is 18.4. The zero-order valence-electron chi connectivity index (χ0n) is 48.3. The van der Waals surface area contributed by atoms with Crippen LogP contribution in [-0.4, -0.2) is 72.4 Å². The van der Waals surface area contributed by atoms with Gasteiger partial charge in [0.2, 0.25) is 20.0 Å². The minimum Gasteiger partial charge on any atom is -0.870 e. The number of carbonyl (C=O) groups excluding carboxylic acids is 1. The van der Waals surface area contributed by atoms with E-state index in [2.05, 4.69) is 9.44 Å². The van der Waals surface area contributed by atoms with Crippen LogP contribution in [0, 0.1) is 23.3 Å². The van der Waals surface area contributed by atoms with Gasteiger partial charge >= 0.3 is 46.0 Å². The third kappa shape index (κ3) is 23.7. The molecule has 0 saturated heterocycles. The number of sulfonamides is 2. The van der Waals surface area contributed by atoms with E-state index < -0.39 is 81.9 Å². The van der Waals surface area contributed by atoms with Crippen molar-refractivity contribution in [2.75, 3.05) is 33.0 Å². The Hall–Kier alpha value is -6.26. The van der Waals surface area contributed by atoms with Crippen LogP contribution in [-0.2, 0) is 87.0 Å². The Kier molecular flexibility index (Phi) is 31.5. The molecule has 19 nitrogen and oxygen atoms in total. The monoisotopic (exact) mass is 1290 g/mol. The Morgan fingerprint density at radius 1 is 0.506 bits per heavy atom. The molecule has 4 N–H and O–H groups in total. The fourth-order valence-electron chi connectivity index (χ4n) is 7.54. The summed E-state index contributed by atoms with van der Waals surface area (Å²) in [6.45, 7) is 12.5. The van der Waals surface area contributed by atoms with Crippen LogP contribution in [0.1, 0.15) is 89.3 Å². The summed E-state index contributed by atoms with van der Waals surface area (Å²) < 4.78 is 177. The molecule has 0 unspecified atom stereocenters. The molecule has 6 rings (SSSR count). The molecule has 87 heavy (non-hydrogen) atoms. The first-order chi connectivity index (χ1) is 39.7. The fourth-order valence-corrected chi connectivity index (χ4v) is 13.0. The van der Waals surface area contributed by atoms with E-state index in [1.165, 1.54) is 68.5 Å². The Labute approximate surface area is 517 Å². The van der Waals surface area contributed by atoms with Crippen LogP contribution < -0.4 is 37.8 Å². The molecule has 0 amide bonds. The Balaban J connectivity index is 0.000000574. The van der Waals surface area contributed by atoms with E-state index in [-0.39, 0.29) is 134 Å². The van der Waals surface area contributed by atoms with E-state index in [9.17, 15) is 53.1 Å². The second-order valence-corrected chi connectivity index (χ2v) is 25.6. The third-order valence-electron chi connectivity index (χ3n) is 11.5. The Bertz CT molecular complexity index is 3570. The maximum absolute atomic E-state index is 14.7. The number of hydrogen-bond acceptors (Lipinski definition) is 16.